The molecule has 1 amide bonds. The molecule has 1 heterocycles. The monoisotopic (exact) mass is 341 g/mol. The number of nitrogens with one attached hydrogen (secondary N) is 2. The fraction of sp³-hybridized carbons (Fsp3) is 0.500. The summed E-state index contributed by atoms with van der Waals surface area (Å²) in [7, 11) is 0. The van der Waals surface area contributed by atoms with Crippen molar-refractivity contribution in [1.82, 2.24) is 10.3 Å². The molecule has 0 unspecified atom stereocenters. The predicted octanol–water partition coefficient (Wildman–Crippen LogP) is 3.48. The van der Waals surface area contributed by atoms with Crippen molar-refractivity contribution in [3.8, 4) is 12.3 Å². The average Bonchev–Trinajstić information content (AvgIpc) is 2.46. The first kappa shape index (κ1) is 17.5. The van der Waals surface area contributed by atoms with E-state index < -0.39 is 23.4 Å². The molecule has 1 aromatic heterocycles. The number of terminal acetylenes is 1. The van der Waals surface area contributed by atoms with Crippen LogP contribution in [-0.2, 0) is 0 Å². The molecule has 1 saturated carbocycles. The lowest BCUT2D eigenvalue weighted by atomic mass is 9.88. The first-order valence-corrected chi connectivity index (χ1v) is 7.66. The normalized spacial score (nSPS) is 19.1. The Morgan fingerprint density at radius 1 is 1.61 bits per heavy atom. The third kappa shape index (κ3) is 4.11. The number of nitrogens with zero attached hydrogens (tertiary/aromatic N) is 1. The summed E-state index contributed by atoms with van der Waals surface area (Å²) in [4.78, 5) is 16.5. The molecule has 0 radical (unpaired) electrons. The van der Waals surface area contributed by atoms with Gasteiger partial charge in [-0.1, -0.05) is 24.4 Å². The van der Waals surface area contributed by atoms with Crippen LogP contribution >= 0.6 is 11.6 Å². The van der Waals surface area contributed by atoms with Crippen molar-refractivity contribution in [2.24, 2.45) is 0 Å². The zero-order valence-corrected chi connectivity index (χ0v) is 13.7. The Labute approximate surface area is 139 Å². The second-order valence-electron chi connectivity index (χ2n) is 5.94. The van der Waals surface area contributed by atoms with E-state index >= 15 is 0 Å². The van der Waals surface area contributed by atoms with Gasteiger partial charge in [-0.15, -0.1) is 6.42 Å². The van der Waals surface area contributed by atoms with Gasteiger partial charge >= 0.3 is 0 Å². The Morgan fingerprint density at radius 2 is 2.26 bits per heavy atom. The van der Waals surface area contributed by atoms with Gasteiger partial charge < -0.3 is 10.6 Å². The van der Waals surface area contributed by atoms with Gasteiger partial charge in [0, 0.05) is 25.1 Å². The minimum atomic E-state index is -2.66. The van der Waals surface area contributed by atoms with E-state index in [0.717, 1.165) is 0 Å². The summed E-state index contributed by atoms with van der Waals surface area (Å²) >= 11 is 5.90. The van der Waals surface area contributed by atoms with E-state index in [1.165, 1.54) is 12.3 Å². The fourth-order valence-corrected chi connectivity index (χ4v) is 2.39. The SMILES string of the molecule is C#C[C@](C)(CC)NC(=O)c1cc(Cl)cnc1NC1CC(F)(F)C1. The molecule has 2 rings (SSSR count). The molecule has 1 aromatic rings. The molecule has 1 aliphatic rings. The van der Waals surface area contributed by atoms with E-state index in [0.29, 0.717) is 6.42 Å². The predicted molar refractivity (Wildman–Crippen MR) is 85.8 cm³/mol. The van der Waals surface area contributed by atoms with Gasteiger partial charge in [0.1, 0.15) is 5.82 Å². The standard InChI is InChI=1S/C16H18ClF2N3O/c1-4-15(3,5-2)22-14(23)12-6-10(17)9-20-13(12)21-11-7-16(18,19)8-11/h1,6,9,11H,5,7-8H2,2-3H3,(H,20,21)(H,22,23)/t15-/m1/s1. The molecule has 0 saturated heterocycles. The molecular formula is C16H18ClF2N3O. The molecule has 0 aromatic carbocycles. The van der Waals surface area contributed by atoms with Gasteiger partial charge in [-0.05, 0) is 19.4 Å². The number of alkyl halides is 2. The van der Waals surface area contributed by atoms with E-state index in [2.05, 4.69) is 21.5 Å². The molecule has 1 atom stereocenters. The zero-order chi connectivity index (χ0) is 17.3. The summed E-state index contributed by atoms with van der Waals surface area (Å²) in [6.07, 6.45) is 6.78. The molecule has 2 N–H and O–H groups in total. The Morgan fingerprint density at radius 3 is 2.78 bits per heavy atom. The summed E-state index contributed by atoms with van der Waals surface area (Å²) in [5.41, 5.74) is -0.622. The lowest BCUT2D eigenvalue weighted by molar-refractivity contribution is -0.0794. The molecule has 0 aliphatic heterocycles. The van der Waals surface area contributed by atoms with E-state index in [9.17, 15) is 13.6 Å². The quantitative estimate of drug-likeness (QED) is 0.806. The van der Waals surface area contributed by atoms with Gasteiger partial charge in [-0.2, -0.15) is 0 Å². The van der Waals surface area contributed by atoms with Gasteiger partial charge in [0.2, 0.25) is 0 Å². The fourth-order valence-electron chi connectivity index (χ4n) is 2.23. The smallest absolute Gasteiger partial charge is 0.256 e. The molecular weight excluding hydrogens is 324 g/mol. The average molecular weight is 342 g/mol. The Hall–Kier alpha value is -1.87. The third-order valence-electron chi connectivity index (χ3n) is 3.94. The van der Waals surface area contributed by atoms with Crippen molar-refractivity contribution in [2.45, 2.75) is 50.6 Å². The van der Waals surface area contributed by atoms with Crippen LogP contribution in [0.25, 0.3) is 0 Å². The van der Waals surface area contributed by atoms with Crippen LogP contribution in [0.3, 0.4) is 0 Å². The number of amides is 1. The topological polar surface area (TPSA) is 54.0 Å². The van der Waals surface area contributed by atoms with Crippen molar-refractivity contribution in [2.75, 3.05) is 5.32 Å². The van der Waals surface area contributed by atoms with E-state index in [-0.39, 0.29) is 29.2 Å². The van der Waals surface area contributed by atoms with Crippen LogP contribution in [0, 0.1) is 12.3 Å². The van der Waals surface area contributed by atoms with Crippen molar-refractivity contribution in [1.29, 1.82) is 0 Å². The number of carbonyl (C=O) groups is 1. The molecule has 7 heteroatoms. The van der Waals surface area contributed by atoms with Gasteiger partial charge in [0.15, 0.2) is 0 Å². The first-order chi connectivity index (χ1) is 10.7. The summed E-state index contributed by atoms with van der Waals surface area (Å²) < 4.78 is 25.9. The minimum Gasteiger partial charge on any atom is -0.366 e. The molecule has 1 fully saturated rings. The molecule has 1 aliphatic carbocycles. The molecule has 4 nitrogen and oxygen atoms in total. The van der Waals surface area contributed by atoms with Crippen LogP contribution < -0.4 is 10.6 Å². The summed E-state index contributed by atoms with van der Waals surface area (Å²) in [5.74, 6) is -0.348. The van der Waals surface area contributed by atoms with Crippen LogP contribution in [0.15, 0.2) is 12.3 Å². The highest BCUT2D eigenvalue weighted by molar-refractivity contribution is 6.31. The summed E-state index contributed by atoms with van der Waals surface area (Å²) in [5, 5.41) is 5.89. The Bertz CT molecular complexity index is 651. The van der Waals surface area contributed by atoms with Crippen molar-refractivity contribution >= 4 is 23.3 Å². The van der Waals surface area contributed by atoms with E-state index in [4.69, 9.17) is 18.0 Å². The first-order valence-electron chi connectivity index (χ1n) is 7.28. The zero-order valence-electron chi connectivity index (χ0n) is 12.9. The Kier molecular flexibility index (Phi) is 4.81. The number of hydrogen-bond donors (Lipinski definition) is 2. The molecule has 0 bridgehead atoms. The van der Waals surface area contributed by atoms with Gasteiger partial charge in [0.25, 0.3) is 11.8 Å². The van der Waals surface area contributed by atoms with Crippen LogP contribution in [0.5, 0.6) is 0 Å². The summed E-state index contributed by atoms with van der Waals surface area (Å²) in [6.45, 7) is 3.58. The highest BCUT2D eigenvalue weighted by atomic mass is 35.5. The minimum absolute atomic E-state index is 0.183. The van der Waals surface area contributed by atoms with Crippen molar-refractivity contribution < 1.29 is 13.6 Å². The second-order valence-corrected chi connectivity index (χ2v) is 6.38. The molecule has 124 valence electrons. The van der Waals surface area contributed by atoms with Crippen LogP contribution in [0.4, 0.5) is 14.6 Å². The largest absolute Gasteiger partial charge is 0.366 e. The van der Waals surface area contributed by atoms with Crippen LogP contribution in [0.2, 0.25) is 5.02 Å². The van der Waals surface area contributed by atoms with Gasteiger partial charge in [0.05, 0.1) is 16.1 Å². The lowest BCUT2D eigenvalue weighted by Gasteiger charge is -2.36. The molecule has 0 spiro atoms. The van der Waals surface area contributed by atoms with E-state index in [1.807, 2.05) is 6.92 Å². The Balaban J connectivity index is 2.19. The van der Waals surface area contributed by atoms with Gasteiger partial charge in [-0.3, -0.25) is 4.79 Å². The number of rotatable bonds is 5. The van der Waals surface area contributed by atoms with Crippen molar-refractivity contribution in [3.63, 3.8) is 0 Å². The number of halogens is 3. The lowest BCUT2D eigenvalue weighted by Crippen LogP contribution is -2.46. The maximum Gasteiger partial charge on any atom is 0.256 e. The van der Waals surface area contributed by atoms with E-state index in [1.54, 1.807) is 6.92 Å². The molecule has 23 heavy (non-hydrogen) atoms. The summed E-state index contributed by atoms with van der Waals surface area (Å²) in [6, 6.07) is 1.02. The third-order valence-corrected chi connectivity index (χ3v) is 4.15. The van der Waals surface area contributed by atoms with Gasteiger partial charge in [-0.25, -0.2) is 13.8 Å². The van der Waals surface area contributed by atoms with Crippen LogP contribution in [-0.4, -0.2) is 28.4 Å². The number of pyridine rings is 1. The highest BCUT2D eigenvalue weighted by Crippen LogP contribution is 2.39. The number of anilines is 1. The maximum atomic E-state index is 12.9. The number of aromatic nitrogens is 1. The second kappa shape index (κ2) is 6.32. The highest BCUT2D eigenvalue weighted by Gasteiger charge is 2.45. The number of hydrogen-bond acceptors (Lipinski definition) is 3. The van der Waals surface area contributed by atoms with Crippen molar-refractivity contribution in [3.05, 3.63) is 22.8 Å². The number of carbonyl (C=O) groups excluding carboxylic acids is 1. The van der Waals surface area contributed by atoms with Crippen LogP contribution in [0.1, 0.15) is 43.5 Å². The maximum absolute atomic E-state index is 12.9.